The molecule has 14 radical (unpaired) electrons. The van der Waals surface area contributed by atoms with Crippen LogP contribution >= 0.6 is 54.7 Å². The first-order chi connectivity index (χ1) is 14.9. The van der Waals surface area contributed by atoms with Crippen LogP contribution in [0.3, 0.4) is 0 Å². The Kier molecular flexibility index (Phi) is 52.8. The molecule has 202 valence electrons. The Balaban J connectivity index is -0.0000000804. The van der Waals surface area contributed by atoms with E-state index in [-0.39, 0.29) is 27.0 Å². The molecule has 12 heteroatoms. The van der Waals surface area contributed by atoms with Crippen molar-refractivity contribution in [3.63, 3.8) is 0 Å². The molecule has 2 fully saturated rings. The monoisotopic (exact) mass is 1020 g/mol. The molecule has 0 aromatic rings. The summed E-state index contributed by atoms with van der Waals surface area (Å²) >= 11 is 2.23. The number of hydrogen-bond donors (Lipinski definition) is 0. The average Bonchev–Trinajstić information content (AvgIpc) is 2.78. The van der Waals surface area contributed by atoms with Crippen LogP contribution in [0.1, 0.15) is 69.2 Å². The summed E-state index contributed by atoms with van der Waals surface area (Å²) in [7, 11) is 28.8. The normalized spacial score (nSPS) is 19.6. The Morgan fingerprint density at radius 1 is 0.412 bits per heavy atom. The maximum absolute atomic E-state index is 4.91. The molecule has 0 unspecified atom stereocenters. The van der Waals surface area contributed by atoms with Crippen molar-refractivity contribution in [2.75, 3.05) is 0 Å². The summed E-state index contributed by atoms with van der Waals surface area (Å²) in [6.07, 6.45) is 4.52. The average molecular weight is 1020 g/mol. The van der Waals surface area contributed by atoms with E-state index >= 15 is 0 Å². The molecular formula is C22H34Cl6Ru2S2Sb2. The van der Waals surface area contributed by atoms with Gasteiger partial charge in [-0.15, -0.1) is 0 Å². The van der Waals surface area contributed by atoms with Crippen molar-refractivity contribution in [2.24, 2.45) is 0 Å². The molecule has 0 spiro atoms. The van der Waals surface area contributed by atoms with Gasteiger partial charge in [-0.05, 0) is 72.0 Å². The zero-order valence-electron chi connectivity index (χ0n) is 20.9. The molecular weight excluding hydrogens is 987 g/mol. The van der Waals surface area contributed by atoms with E-state index in [4.69, 9.17) is 35.3 Å². The molecule has 2 saturated carbocycles. The maximum Gasteiger partial charge on any atom is -0.813 e. The molecule has 0 aromatic heterocycles. The summed E-state index contributed by atoms with van der Waals surface area (Å²) in [6.45, 7) is 21.9. The molecule has 2 aliphatic rings. The zero-order chi connectivity index (χ0) is 26.6. The minimum absolute atomic E-state index is 0. The SMILES string of the molecule is C[C]1[CH][C](C)[C](C)[C](C)[C]1C.C[C]1[CH][C](C)[C](C)[C](C)[C]1C.[Cl][Ru+].[Cl][Ru+].[Cl][Sb][Cl].[Cl][Sb][Cl].[SH-].[SH-]. The Bertz CT molecular complexity index is 337. The van der Waals surface area contributed by atoms with Crippen LogP contribution in [0, 0.1) is 72.0 Å². The largest absolute Gasteiger partial charge is 0.813 e. The van der Waals surface area contributed by atoms with Crippen molar-refractivity contribution in [3.05, 3.63) is 72.0 Å². The summed E-state index contributed by atoms with van der Waals surface area (Å²) < 4.78 is 0. The van der Waals surface area contributed by atoms with Crippen molar-refractivity contribution < 1.29 is 34.6 Å². The first-order valence-electron chi connectivity index (χ1n) is 9.10. The Morgan fingerprint density at radius 3 is 0.647 bits per heavy atom. The summed E-state index contributed by atoms with van der Waals surface area (Å²) in [5, 5.41) is 0. The third-order valence-corrected chi connectivity index (χ3v) is 5.48. The van der Waals surface area contributed by atoms with E-state index < -0.39 is 38.7 Å². The van der Waals surface area contributed by atoms with Gasteiger partial charge in [-0.25, -0.2) is 0 Å². The molecule has 2 rings (SSSR count). The first-order valence-corrected chi connectivity index (χ1v) is 26.5. The maximum atomic E-state index is 4.91. The van der Waals surface area contributed by atoms with Gasteiger partial charge in [-0.2, -0.15) is 0 Å². The van der Waals surface area contributed by atoms with Crippen molar-refractivity contribution in [2.45, 2.75) is 69.2 Å². The minimum Gasteiger partial charge on any atom is -0.813 e. The van der Waals surface area contributed by atoms with Gasteiger partial charge in [0.05, 0.1) is 0 Å². The molecule has 0 saturated heterocycles. The third kappa shape index (κ3) is 24.0. The minimum atomic E-state index is -0.706. The van der Waals surface area contributed by atoms with Crippen molar-refractivity contribution in [1.29, 1.82) is 0 Å². The van der Waals surface area contributed by atoms with E-state index in [1.54, 1.807) is 0 Å². The quantitative estimate of drug-likeness (QED) is 0.135. The second-order valence-corrected chi connectivity index (χ2v) is 14.5. The van der Waals surface area contributed by atoms with E-state index in [1.165, 1.54) is 59.2 Å². The van der Waals surface area contributed by atoms with Gasteiger partial charge in [0.25, 0.3) is 0 Å². The topological polar surface area (TPSA) is 0 Å². The van der Waals surface area contributed by atoms with E-state index in [0.29, 0.717) is 0 Å². The molecule has 0 aromatic carbocycles. The molecule has 0 bridgehead atoms. The molecule has 34 heavy (non-hydrogen) atoms. The molecule has 0 N–H and O–H groups in total. The summed E-state index contributed by atoms with van der Waals surface area (Å²) in [5.41, 5.74) is 0. The van der Waals surface area contributed by atoms with E-state index in [2.05, 4.69) is 101 Å². The third-order valence-electron chi connectivity index (χ3n) is 5.48. The van der Waals surface area contributed by atoms with Gasteiger partial charge in [0.15, 0.2) is 0 Å². The van der Waals surface area contributed by atoms with Gasteiger partial charge >= 0.3 is 128 Å². The van der Waals surface area contributed by atoms with Crippen molar-refractivity contribution in [3.8, 4) is 0 Å². The molecule has 0 atom stereocenters. The van der Waals surface area contributed by atoms with Crippen LogP contribution in [0.25, 0.3) is 0 Å². The fraction of sp³-hybridized carbons (Fsp3) is 0.455. The standard InChI is InChI=1S/2C11H16.6ClH.2Ru.2H2S.2Sb/c2*1-7-6-8(2)10(4)11(5)9(7)3;;;;;;;;;;;;/h2*6H,1-5H3;6*1H;;;2*1H2;;/q;;;;;;;;2*+2;;;2*+2/p-8. The second kappa shape index (κ2) is 34.5. The number of thiol groups is 2. The Labute approximate surface area is 291 Å². The zero-order valence-corrected chi connectivity index (χ0v) is 35.8. The van der Waals surface area contributed by atoms with Crippen molar-refractivity contribution >= 4 is 120 Å². The van der Waals surface area contributed by atoms with Crippen molar-refractivity contribution in [1.82, 2.24) is 0 Å². The van der Waals surface area contributed by atoms with Gasteiger partial charge in [0, 0.05) is 0 Å². The van der Waals surface area contributed by atoms with E-state index in [0.717, 1.165) is 0 Å². The van der Waals surface area contributed by atoms with Crippen LogP contribution < -0.4 is 0 Å². The van der Waals surface area contributed by atoms with Crippen LogP contribution in [0.4, 0.5) is 0 Å². The smallest absolute Gasteiger partial charge is 0.813 e. The molecule has 0 amide bonds. The molecule has 0 nitrogen and oxygen atoms in total. The number of hydrogen-bond acceptors (Lipinski definition) is 2. The molecule has 2 aliphatic carbocycles. The van der Waals surface area contributed by atoms with Gasteiger partial charge in [-0.1, -0.05) is 69.2 Å². The summed E-state index contributed by atoms with van der Waals surface area (Å²) in [6, 6.07) is 0. The summed E-state index contributed by atoms with van der Waals surface area (Å²) in [4.78, 5) is 0. The Hall–Kier alpha value is 5.32. The van der Waals surface area contributed by atoms with Gasteiger partial charge in [0.2, 0.25) is 0 Å². The summed E-state index contributed by atoms with van der Waals surface area (Å²) in [5.74, 6) is 14.3. The predicted molar refractivity (Wildman–Crippen MR) is 162 cm³/mol. The second-order valence-electron chi connectivity index (χ2n) is 6.90. The fourth-order valence-corrected chi connectivity index (χ4v) is 2.83. The van der Waals surface area contributed by atoms with Gasteiger partial charge in [0.1, 0.15) is 0 Å². The molecule has 0 heterocycles. The van der Waals surface area contributed by atoms with Crippen LogP contribution in [0.5, 0.6) is 0 Å². The van der Waals surface area contributed by atoms with E-state index in [1.807, 2.05) is 34.6 Å². The fourth-order valence-electron chi connectivity index (χ4n) is 2.83. The number of rotatable bonds is 0. The molecule has 0 aliphatic heterocycles. The van der Waals surface area contributed by atoms with Crippen LogP contribution in [0.2, 0.25) is 0 Å². The van der Waals surface area contributed by atoms with Crippen LogP contribution in [0.15, 0.2) is 0 Å². The van der Waals surface area contributed by atoms with Crippen LogP contribution in [-0.2, 0) is 61.6 Å². The number of halogens is 6. The van der Waals surface area contributed by atoms with Crippen LogP contribution in [-0.4, -0.2) is 38.7 Å². The van der Waals surface area contributed by atoms with Gasteiger partial charge < -0.3 is 27.0 Å². The Morgan fingerprint density at radius 2 is 0.529 bits per heavy atom. The first kappa shape index (κ1) is 52.0. The van der Waals surface area contributed by atoms with Gasteiger partial charge in [-0.3, -0.25) is 0 Å². The predicted octanol–water partition coefficient (Wildman–Crippen LogP) is 9.18. The van der Waals surface area contributed by atoms with E-state index in [9.17, 15) is 0 Å².